The number of benzene rings is 1. The number of anilines is 1. The molecule has 1 atom stereocenters. The van der Waals surface area contributed by atoms with E-state index in [1.807, 2.05) is 17.0 Å². The van der Waals surface area contributed by atoms with Gasteiger partial charge in [0.15, 0.2) is 0 Å². The molecule has 0 spiro atoms. The van der Waals surface area contributed by atoms with Crippen molar-refractivity contribution in [2.45, 2.75) is 51.1 Å². The number of carbonyl (C=O) groups excluding carboxylic acids is 1. The van der Waals surface area contributed by atoms with Crippen LogP contribution in [0.4, 0.5) is 5.69 Å². The Hall–Kier alpha value is -1.10. The van der Waals surface area contributed by atoms with Crippen LogP contribution < -0.4 is 4.90 Å². The van der Waals surface area contributed by atoms with Crippen LogP contribution in [0.1, 0.15) is 44.1 Å². The summed E-state index contributed by atoms with van der Waals surface area (Å²) in [6.45, 7) is 6.07. The second kappa shape index (κ2) is 7.65. The van der Waals surface area contributed by atoms with Gasteiger partial charge in [0.05, 0.1) is 0 Å². The molecule has 136 valence electrons. The topological polar surface area (TPSA) is 26.8 Å². The van der Waals surface area contributed by atoms with Crippen LogP contribution >= 0.6 is 11.6 Å². The van der Waals surface area contributed by atoms with Gasteiger partial charge in [-0.2, -0.15) is 0 Å². The van der Waals surface area contributed by atoms with E-state index >= 15 is 0 Å². The van der Waals surface area contributed by atoms with E-state index in [2.05, 4.69) is 15.9 Å². The van der Waals surface area contributed by atoms with Crippen LogP contribution in [0.5, 0.6) is 0 Å². The lowest BCUT2D eigenvalue weighted by Gasteiger charge is -2.29. The molecular formula is C20H28ClN3O. The molecule has 3 heterocycles. The average Bonchev–Trinajstić information content (AvgIpc) is 3.01. The first-order valence-electron chi connectivity index (χ1n) is 9.76. The Morgan fingerprint density at radius 3 is 2.80 bits per heavy atom. The van der Waals surface area contributed by atoms with Crippen molar-refractivity contribution in [1.29, 1.82) is 0 Å². The molecule has 4 nitrogen and oxygen atoms in total. The molecule has 5 heteroatoms. The summed E-state index contributed by atoms with van der Waals surface area (Å²) in [6, 6.07) is 6.53. The van der Waals surface area contributed by atoms with Crippen molar-refractivity contribution in [3.05, 3.63) is 28.8 Å². The lowest BCUT2D eigenvalue weighted by atomic mass is 10.1. The van der Waals surface area contributed by atoms with Gasteiger partial charge in [0.1, 0.15) is 0 Å². The number of carbonyl (C=O) groups is 1. The largest absolute Gasteiger partial charge is 0.310 e. The number of hydrogen-bond acceptors (Lipinski definition) is 3. The SMILES string of the molecule is O=C(CCN1CCCCC1)N1CC2CCCN2Cc2ccc(Cl)cc21. The summed E-state index contributed by atoms with van der Waals surface area (Å²) in [4.78, 5) is 20.1. The molecule has 25 heavy (non-hydrogen) atoms. The number of nitrogens with zero attached hydrogens (tertiary/aromatic N) is 3. The fraction of sp³-hybridized carbons (Fsp3) is 0.650. The van der Waals surface area contributed by atoms with Crippen LogP contribution in [0.15, 0.2) is 18.2 Å². The number of amides is 1. The van der Waals surface area contributed by atoms with Gasteiger partial charge in [0.2, 0.25) is 5.91 Å². The van der Waals surface area contributed by atoms with E-state index in [4.69, 9.17) is 11.6 Å². The standard InChI is InChI=1S/C20H28ClN3O/c21-17-7-6-16-14-23-11-4-5-18(23)15-24(19(16)13-17)20(25)8-12-22-9-2-1-3-10-22/h6-7,13,18H,1-5,8-12,14-15H2. The molecule has 0 N–H and O–H groups in total. The van der Waals surface area contributed by atoms with Crippen molar-refractivity contribution < 1.29 is 4.79 Å². The number of likely N-dealkylation sites (tertiary alicyclic amines) is 1. The van der Waals surface area contributed by atoms with Crippen molar-refractivity contribution in [3.8, 4) is 0 Å². The Balaban J connectivity index is 1.51. The third-order valence-electron chi connectivity index (χ3n) is 6.00. The van der Waals surface area contributed by atoms with Gasteiger partial charge in [-0.25, -0.2) is 0 Å². The maximum absolute atomic E-state index is 13.1. The molecule has 0 radical (unpaired) electrons. The minimum absolute atomic E-state index is 0.253. The smallest absolute Gasteiger partial charge is 0.228 e. The Morgan fingerprint density at radius 1 is 1.12 bits per heavy atom. The highest BCUT2D eigenvalue weighted by Crippen LogP contribution is 2.33. The van der Waals surface area contributed by atoms with Gasteiger partial charge in [-0.1, -0.05) is 24.1 Å². The van der Waals surface area contributed by atoms with Crippen LogP contribution in [0.25, 0.3) is 0 Å². The van der Waals surface area contributed by atoms with Crippen LogP contribution in [-0.2, 0) is 11.3 Å². The highest BCUT2D eigenvalue weighted by atomic mass is 35.5. The molecule has 1 unspecified atom stereocenters. The van der Waals surface area contributed by atoms with Gasteiger partial charge >= 0.3 is 0 Å². The van der Waals surface area contributed by atoms with E-state index < -0.39 is 0 Å². The molecular weight excluding hydrogens is 334 g/mol. The summed E-state index contributed by atoms with van der Waals surface area (Å²) in [5.74, 6) is 0.253. The van der Waals surface area contributed by atoms with E-state index in [1.165, 1.54) is 37.7 Å². The van der Waals surface area contributed by atoms with Gasteiger partial charge < -0.3 is 9.80 Å². The van der Waals surface area contributed by atoms with Gasteiger partial charge in [-0.05, 0) is 63.0 Å². The number of hydrogen-bond donors (Lipinski definition) is 0. The van der Waals surface area contributed by atoms with Crippen molar-refractivity contribution in [2.24, 2.45) is 0 Å². The predicted molar refractivity (Wildman–Crippen MR) is 102 cm³/mol. The third-order valence-corrected chi connectivity index (χ3v) is 6.23. The normalized spacial score (nSPS) is 24.7. The summed E-state index contributed by atoms with van der Waals surface area (Å²) < 4.78 is 0. The molecule has 1 aromatic carbocycles. The Bertz CT molecular complexity index is 629. The summed E-state index contributed by atoms with van der Waals surface area (Å²) in [5, 5.41) is 0.717. The molecule has 1 aromatic rings. The van der Waals surface area contributed by atoms with Crippen LogP contribution in [0.2, 0.25) is 5.02 Å². The maximum Gasteiger partial charge on any atom is 0.228 e. The van der Waals surface area contributed by atoms with Crippen molar-refractivity contribution >= 4 is 23.2 Å². The first kappa shape index (κ1) is 17.3. The van der Waals surface area contributed by atoms with Crippen LogP contribution in [-0.4, -0.2) is 54.5 Å². The van der Waals surface area contributed by atoms with E-state index in [0.29, 0.717) is 12.5 Å². The zero-order valence-corrected chi connectivity index (χ0v) is 15.7. The summed E-state index contributed by atoms with van der Waals surface area (Å²) in [6.07, 6.45) is 6.92. The lowest BCUT2D eigenvalue weighted by molar-refractivity contribution is -0.119. The number of halogens is 1. The van der Waals surface area contributed by atoms with Crippen molar-refractivity contribution in [3.63, 3.8) is 0 Å². The minimum Gasteiger partial charge on any atom is -0.310 e. The number of piperidine rings is 1. The second-order valence-corrected chi connectivity index (χ2v) is 8.13. The molecule has 1 amide bonds. The summed E-state index contributed by atoms with van der Waals surface area (Å²) in [7, 11) is 0. The van der Waals surface area contributed by atoms with Gasteiger partial charge in [0, 0.05) is 42.8 Å². The van der Waals surface area contributed by atoms with Crippen LogP contribution in [0.3, 0.4) is 0 Å². The van der Waals surface area contributed by atoms with Crippen molar-refractivity contribution in [1.82, 2.24) is 9.80 Å². The lowest BCUT2D eigenvalue weighted by Crippen LogP contribution is -2.42. The maximum atomic E-state index is 13.1. The molecule has 3 aliphatic heterocycles. The molecule has 4 rings (SSSR count). The minimum atomic E-state index is 0.253. The molecule has 0 aliphatic carbocycles. The Kier molecular flexibility index (Phi) is 5.30. The first-order valence-corrected chi connectivity index (χ1v) is 10.1. The summed E-state index contributed by atoms with van der Waals surface area (Å²) in [5.41, 5.74) is 2.27. The molecule has 2 fully saturated rings. The van der Waals surface area contributed by atoms with Crippen LogP contribution in [0, 0.1) is 0 Å². The molecule has 0 aromatic heterocycles. The molecule has 0 saturated carbocycles. The first-order chi connectivity index (χ1) is 12.2. The fourth-order valence-corrected chi connectivity index (χ4v) is 4.73. The Labute approximate surface area is 155 Å². The average molecular weight is 362 g/mol. The van der Waals surface area contributed by atoms with E-state index in [9.17, 15) is 4.79 Å². The monoisotopic (exact) mass is 361 g/mol. The van der Waals surface area contributed by atoms with Crippen molar-refractivity contribution in [2.75, 3.05) is 37.6 Å². The van der Waals surface area contributed by atoms with Gasteiger partial charge in [0.25, 0.3) is 0 Å². The summed E-state index contributed by atoms with van der Waals surface area (Å²) >= 11 is 6.26. The van der Waals surface area contributed by atoms with Gasteiger partial charge in [-0.3, -0.25) is 9.69 Å². The van der Waals surface area contributed by atoms with Gasteiger partial charge in [-0.15, -0.1) is 0 Å². The third kappa shape index (κ3) is 3.86. The molecule has 2 saturated heterocycles. The van der Waals surface area contributed by atoms with E-state index in [0.717, 1.165) is 50.0 Å². The zero-order chi connectivity index (χ0) is 17.2. The molecule has 3 aliphatic rings. The highest BCUT2D eigenvalue weighted by Gasteiger charge is 2.33. The number of rotatable bonds is 3. The number of fused-ring (bicyclic) bond motifs is 2. The highest BCUT2D eigenvalue weighted by molar-refractivity contribution is 6.31. The quantitative estimate of drug-likeness (QED) is 0.824. The van der Waals surface area contributed by atoms with E-state index in [1.54, 1.807) is 0 Å². The zero-order valence-electron chi connectivity index (χ0n) is 14.9. The predicted octanol–water partition coefficient (Wildman–Crippen LogP) is 3.53. The second-order valence-electron chi connectivity index (χ2n) is 7.70. The fourth-order valence-electron chi connectivity index (χ4n) is 4.57. The molecule has 0 bridgehead atoms. The van der Waals surface area contributed by atoms with E-state index in [-0.39, 0.29) is 5.91 Å². The Morgan fingerprint density at radius 2 is 1.96 bits per heavy atom.